The predicted molar refractivity (Wildman–Crippen MR) is 63.5 cm³/mol. The summed E-state index contributed by atoms with van der Waals surface area (Å²) >= 11 is 0. The predicted octanol–water partition coefficient (Wildman–Crippen LogP) is 2.87. The molecule has 0 bridgehead atoms. The van der Waals surface area contributed by atoms with E-state index in [1.807, 2.05) is 13.8 Å². The average Bonchev–Trinajstić information content (AvgIpc) is 2.05. The molecule has 0 atom stereocenters. The van der Waals surface area contributed by atoms with Crippen molar-refractivity contribution in [1.29, 1.82) is 0 Å². The molecule has 0 unspecified atom stereocenters. The molecular formula is C12H27NO. The number of rotatable bonds is 6. The minimum absolute atomic E-state index is 0.325. The number of carbonyl (C=O) groups is 1. The van der Waals surface area contributed by atoms with Gasteiger partial charge >= 0.3 is 0 Å². The van der Waals surface area contributed by atoms with Crippen LogP contribution in [0.4, 0.5) is 0 Å². The topological polar surface area (TPSA) is 29.1 Å². The summed E-state index contributed by atoms with van der Waals surface area (Å²) in [4.78, 5) is 11.2. The molecule has 0 spiro atoms. The zero-order valence-electron chi connectivity index (χ0n) is 10.7. The zero-order valence-corrected chi connectivity index (χ0v) is 10.7. The van der Waals surface area contributed by atoms with Gasteiger partial charge < -0.3 is 5.32 Å². The summed E-state index contributed by atoms with van der Waals surface area (Å²) in [5, 5.41) is 3.14. The normalized spacial score (nSPS) is 10.0. The van der Waals surface area contributed by atoms with Gasteiger partial charge in [-0.1, -0.05) is 41.5 Å². The molecule has 0 aromatic rings. The number of nitrogens with one attached hydrogen (secondary N) is 1. The lowest BCUT2D eigenvalue weighted by atomic mass is 10.1. The van der Waals surface area contributed by atoms with Crippen LogP contribution in [0.25, 0.3) is 0 Å². The lowest BCUT2D eigenvalue weighted by Crippen LogP contribution is -2.27. The highest BCUT2D eigenvalue weighted by Gasteiger charge is 2.04. The molecule has 0 heterocycles. The van der Waals surface area contributed by atoms with Gasteiger partial charge in [-0.05, 0) is 18.4 Å². The van der Waals surface area contributed by atoms with Crippen molar-refractivity contribution in [2.75, 3.05) is 13.1 Å². The first-order valence-electron chi connectivity index (χ1n) is 5.74. The van der Waals surface area contributed by atoms with Crippen LogP contribution in [0, 0.1) is 11.8 Å². The number of hydrogen-bond donors (Lipinski definition) is 1. The van der Waals surface area contributed by atoms with Gasteiger partial charge in [0.25, 0.3) is 0 Å². The molecule has 0 saturated heterocycles. The van der Waals surface area contributed by atoms with Gasteiger partial charge in [-0.3, -0.25) is 4.79 Å². The Balaban J connectivity index is 0. The van der Waals surface area contributed by atoms with E-state index in [4.69, 9.17) is 0 Å². The summed E-state index contributed by atoms with van der Waals surface area (Å²) in [7, 11) is 0. The molecule has 2 nitrogen and oxygen atoms in total. The maximum atomic E-state index is 11.2. The van der Waals surface area contributed by atoms with Crippen LogP contribution in [0.2, 0.25) is 0 Å². The second-order valence-corrected chi connectivity index (χ2v) is 4.16. The highest BCUT2D eigenvalue weighted by molar-refractivity contribution is 5.80. The molecule has 0 aliphatic heterocycles. The summed E-state index contributed by atoms with van der Waals surface area (Å²) in [6, 6.07) is 0. The Morgan fingerprint density at radius 3 is 1.93 bits per heavy atom. The van der Waals surface area contributed by atoms with Crippen LogP contribution in [-0.4, -0.2) is 18.9 Å². The van der Waals surface area contributed by atoms with Crippen LogP contribution in [-0.2, 0) is 4.79 Å². The Morgan fingerprint density at radius 1 is 1.07 bits per heavy atom. The lowest BCUT2D eigenvalue weighted by Gasteiger charge is -2.07. The van der Waals surface area contributed by atoms with E-state index in [0.717, 1.165) is 6.54 Å². The maximum Gasteiger partial charge on any atom is 0.146 e. The zero-order chi connectivity index (χ0) is 11.6. The highest BCUT2D eigenvalue weighted by atomic mass is 16.1. The fourth-order valence-electron chi connectivity index (χ4n) is 1.03. The van der Waals surface area contributed by atoms with Gasteiger partial charge in [0.2, 0.25) is 0 Å². The van der Waals surface area contributed by atoms with Gasteiger partial charge in [0.05, 0.1) is 6.54 Å². The van der Waals surface area contributed by atoms with Gasteiger partial charge in [0.15, 0.2) is 0 Å². The molecular weight excluding hydrogens is 174 g/mol. The van der Waals surface area contributed by atoms with E-state index in [0.29, 0.717) is 30.6 Å². The van der Waals surface area contributed by atoms with Gasteiger partial charge in [-0.15, -0.1) is 0 Å². The summed E-state index contributed by atoms with van der Waals surface area (Å²) < 4.78 is 0. The van der Waals surface area contributed by atoms with E-state index in [2.05, 4.69) is 33.0 Å². The van der Waals surface area contributed by atoms with Crippen molar-refractivity contribution in [3.63, 3.8) is 0 Å². The Labute approximate surface area is 89.5 Å². The van der Waals surface area contributed by atoms with Crippen LogP contribution in [0.1, 0.15) is 48.0 Å². The summed E-state index contributed by atoms with van der Waals surface area (Å²) in [6.45, 7) is 13.9. The van der Waals surface area contributed by atoms with Crippen molar-refractivity contribution in [1.82, 2.24) is 5.32 Å². The molecule has 0 aromatic heterocycles. The fraction of sp³-hybridized carbons (Fsp3) is 0.917. The van der Waals surface area contributed by atoms with Crippen molar-refractivity contribution in [3.8, 4) is 0 Å². The quantitative estimate of drug-likeness (QED) is 0.716. The number of Topliss-reactive ketones (excluding diaryl/α,β-unsaturated/α-hetero) is 1. The molecule has 86 valence electrons. The standard InChI is InChI=1S/C10H21NO.C2H6/c1-8(2)5-10(12)7-11-6-9(3)4;1-2/h8-9,11H,5-7H2,1-4H3;1-2H3. The summed E-state index contributed by atoms with van der Waals surface area (Å²) in [5.74, 6) is 1.43. The molecule has 14 heavy (non-hydrogen) atoms. The van der Waals surface area contributed by atoms with Crippen molar-refractivity contribution >= 4 is 5.78 Å². The van der Waals surface area contributed by atoms with Crippen LogP contribution in [0.5, 0.6) is 0 Å². The number of hydrogen-bond acceptors (Lipinski definition) is 2. The van der Waals surface area contributed by atoms with E-state index in [1.165, 1.54) is 0 Å². The first-order valence-corrected chi connectivity index (χ1v) is 5.74. The second-order valence-electron chi connectivity index (χ2n) is 4.16. The molecule has 0 aliphatic carbocycles. The van der Waals surface area contributed by atoms with Crippen molar-refractivity contribution in [2.45, 2.75) is 48.0 Å². The number of ketones is 1. The first-order chi connectivity index (χ1) is 6.52. The van der Waals surface area contributed by atoms with E-state index in [-0.39, 0.29) is 0 Å². The van der Waals surface area contributed by atoms with Gasteiger partial charge in [0.1, 0.15) is 5.78 Å². The van der Waals surface area contributed by atoms with Gasteiger partial charge in [-0.2, -0.15) is 0 Å². The molecule has 0 radical (unpaired) electrons. The van der Waals surface area contributed by atoms with Crippen LogP contribution in [0.3, 0.4) is 0 Å². The minimum Gasteiger partial charge on any atom is -0.310 e. The Hall–Kier alpha value is -0.370. The third kappa shape index (κ3) is 14.2. The minimum atomic E-state index is 0.325. The van der Waals surface area contributed by atoms with Crippen LogP contribution in [0.15, 0.2) is 0 Å². The van der Waals surface area contributed by atoms with E-state index in [1.54, 1.807) is 0 Å². The second kappa shape index (κ2) is 10.7. The Bertz CT molecular complexity index is 130. The molecule has 2 heteroatoms. The SMILES string of the molecule is CC.CC(C)CNCC(=O)CC(C)C. The molecule has 0 amide bonds. The smallest absolute Gasteiger partial charge is 0.146 e. The average molecular weight is 201 g/mol. The molecule has 0 rings (SSSR count). The van der Waals surface area contributed by atoms with Crippen LogP contribution >= 0.6 is 0 Å². The third-order valence-corrected chi connectivity index (χ3v) is 1.51. The maximum absolute atomic E-state index is 11.2. The lowest BCUT2D eigenvalue weighted by molar-refractivity contribution is -0.118. The van der Waals surface area contributed by atoms with Crippen molar-refractivity contribution < 1.29 is 4.79 Å². The summed E-state index contributed by atoms with van der Waals surface area (Å²) in [5.41, 5.74) is 0. The molecule has 0 aliphatic rings. The largest absolute Gasteiger partial charge is 0.310 e. The molecule has 1 N–H and O–H groups in total. The van der Waals surface area contributed by atoms with Gasteiger partial charge in [-0.25, -0.2) is 0 Å². The molecule has 0 fully saturated rings. The monoisotopic (exact) mass is 201 g/mol. The summed E-state index contributed by atoms with van der Waals surface area (Å²) in [6.07, 6.45) is 0.699. The Morgan fingerprint density at radius 2 is 1.57 bits per heavy atom. The molecule has 0 saturated carbocycles. The van der Waals surface area contributed by atoms with E-state index < -0.39 is 0 Å². The fourth-order valence-corrected chi connectivity index (χ4v) is 1.03. The Kier molecular flexibility index (Phi) is 12.3. The van der Waals surface area contributed by atoms with Gasteiger partial charge in [0, 0.05) is 6.42 Å². The van der Waals surface area contributed by atoms with E-state index in [9.17, 15) is 4.79 Å². The first kappa shape index (κ1) is 16.1. The number of carbonyl (C=O) groups excluding carboxylic acids is 1. The van der Waals surface area contributed by atoms with Crippen LogP contribution < -0.4 is 5.32 Å². The van der Waals surface area contributed by atoms with Crippen molar-refractivity contribution in [3.05, 3.63) is 0 Å². The van der Waals surface area contributed by atoms with Crippen molar-refractivity contribution in [2.24, 2.45) is 11.8 Å². The van der Waals surface area contributed by atoms with E-state index >= 15 is 0 Å². The third-order valence-electron chi connectivity index (χ3n) is 1.51. The highest BCUT2D eigenvalue weighted by Crippen LogP contribution is 1.99. The molecule has 0 aromatic carbocycles.